The fourth-order valence-corrected chi connectivity index (χ4v) is 3.29. The van der Waals surface area contributed by atoms with Crippen molar-refractivity contribution in [2.45, 2.75) is 6.18 Å². The number of rotatable bonds is 4. The topological polar surface area (TPSA) is 32.8 Å². The first-order chi connectivity index (χ1) is 13.8. The molecule has 8 heteroatoms. The van der Waals surface area contributed by atoms with Crippen molar-refractivity contribution in [1.82, 2.24) is 4.90 Å². The molecule has 154 valence electrons. The van der Waals surface area contributed by atoms with Crippen molar-refractivity contribution >= 4 is 29.3 Å². The molecular formula is C21H20ClF3N2O2. The number of anilines is 1. The number of hydrogen-bond donors (Lipinski definition) is 0. The zero-order chi connectivity index (χ0) is 21.0. The van der Waals surface area contributed by atoms with Crippen LogP contribution in [-0.2, 0) is 11.0 Å². The van der Waals surface area contributed by atoms with Gasteiger partial charge in [-0.1, -0.05) is 17.7 Å². The number of carbonyl (C=O) groups is 1. The number of halogens is 4. The molecule has 0 aliphatic carbocycles. The summed E-state index contributed by atoms with van der Waals surface area (Å²) in [6.45, 7) is 2.32. The first-order valence-corrected chi connectivity index (χ1v) is 9.38. The Balaban J connectivity index is 1.63. The zero-order valence-corrected chi connectivity index (χ0v) is 16.5. The number of nitrogens with zero attached hydrogens (tertiary/aromatic N) is 2. The SMILES string of the molecule is COc1cccc(N2CCN(C(=O)/C=C/c3cc(C(F)(F)F)ccc3Cl)CC2)c1. The molecule has 0 saturated carbocycles. The molecule has 2 aromatic rings. The van der Waals surface area contributed by atoms with Crippen molar-refractivity contribution in [1.29, 1.82) is 0 Å². The van der Waals surface area contributed by atoms with Crippen molar-refractivity contribution in [3.8, 4) is 5.75 Å². The second kappa shape index (κ2) is 8.78. The monoisotopic (exact) mass is 424 g/mol. The van der Waals surface area contributed by atoms with Crippen LogP contribution in [0, 0.1) is 0 Å². The van der Waals surface area contributed by atoms with Gasteiger partial charge in [0.25, 0.3) is 0 Å². The predicted molar refractivity (Wildman–Crippen MR) is 107 cm³/mol. The Morgan fingerprint density at radius 2 is 1.83 bits per heavy atom. The Morgan fingerprint density at radius 3 is 2.48 bits per heavy atom. The molecule has 1 aliphatic rings. The molecular weight excluding hydrogens is 405 g/mol. The quantitative estimate of drug-likeness (QED) is 0.665. The molecule has 29 heavy (non-hydrogen) atoms. The number of ether oxygens (including phenoxy) is 1. The van der Waals surface area contributed by atoms with Crippen LogP contribution in [0.2, 0.25) is 5.02 Å². The standard InChI is InChI=1S/C21H20ClF3N2O2/c1-29-18-4-2-3-17(14-18)26-9-11-27(12-10-26)20(28)8-5-15-13-16(21(23,24)25)6-7-19(15)22/h2-8,13-14H,9-12H2,1H3/b8-5+. The number of methoxy groups -OCH3 is 1. The van der Waals surface area contributed by atoms with Gasteiger partial charge in [-0.25, -0.2) is 0 Å². The van der Waals surface area contributed by atoms with Gasteiger partial charge < -0.3 is 14.5 Å². The lowest BCUT2D eigenvalue weighted by Crippen LogP contribution is -2.48. The Morgan fingerprint density at radius 1 is 1.10 bits per heavy atom. The Labute approximate surface area is 172 Å². The summed E-state index contributed by atoms with van der Waals surface area (Å²) in [5, 5.41) is 0.157. The van der Waals surface area contributed by atoms with Gasteiger partial charge in [0.15, 0.2) is 0 Å². The molecule has 0 aromatic heterocycles. The highest BCUT2D eigenvalue weighted by Gasteiger charge is 2.30. The van der Waals surface area contributed by atoms with Crippen LogP contribution >= 0.6 is 11.6 Å². The van der Waals surface area contributed by atoms with E-state index in [4.69, 9.17) is 16.3 Å². The van der Waals surface area contributed by atoms with E-state index in [2.05, 4.69) is 4.90 Å². The van der Waals surface area contributed by atoms with Crippen LogP contribution in [0.3, 0.4) is 0 Å². The van der Waals surface area contributed by atoms with E-state index in [0.29, 0.717) is 26.2 Å². The molecule has 0 bridgehead atoms. The summed E-state index contributed by atoms with van der Waals surface area (Å²) in [6, 6.07) is 10.7. The van der Waals surface area contributed by atoms with Crippen molar-refractivity contribution in [2.24, 2.45) is 0 Å². The molecule has 0 N–H and O–H groups in total. The van der Waals surface area contributed by atoms with E-state index in [1.165, 1.54) is 18.2 Å². The zero-order valence-electron chi connectivity index (χ0n) is 15.7. The summed E-state index contributed by atoms with van der Waals surface area (Å²) in [5.41, 5.74) is 0.369. The van der Waals surface area contributed by atoms with E-state index < -0.39 is 11.7 Å². The predicted octanol–water partition coefficient (Wildman–Crippen LogP) is 4.73. The van der Waals surface area contributed by atoms with Gasteiger partial charge in [-0.2, -0.15) is 13.2 Å². The summed E-state index contributed by atoms with van der Waals surface area (Å²) in [7, 11) is 1.61. The minimum absolute atomic E-state index is 0.157. The van der Waals surface area contributed by atoms with Gasteiger partial charge in [0, 0.05) is 49.0 Å². The summed E-state index contributed by atoms with van der Waals surface area (Å²) < 4.78 is 43.8. The molecule has 1 fully saturated rings. The smallest absolute Gasteiger partial charge is 0.416 e. The number of piperazine rings is 1. The lowest BCUT2D eigenvalue weighted by molar-refractivity contribution is -0.137. The fraction of sp³-hybridized carbons (Fsp3) is 0.286. The Bertz CT molecular complexity index is 907. The lowest BCUT2D eigenvalue weighted by atomic mass is 10.1. The van der Waals surface area contributed by atoms with E-state index >= 15 is 0 Å². The molecule has 4 nitrogen and oxygen atoms in total. The molecule has 3 rings (SSSR count). The molecule has 0 unspecified atom stereocenters. The average Bonchev–Trinajstić information content (AvgIpc) is 2.72. The molecule has 2 aromatic carbocycles. The van der Waals surface area contributed by atoms with Gasteiger partial charge in [0.05, 0.1) is 12.7 Å². The summed E-state index contributed by atoms with van der Waals surface area (Å²) >= 11 is 5.97. The lowest BCUT2D eigenvalue weighted by Gasteiger charge is -2.35. The van der Waals surface area contributed by atoms with E-state index in [1.54, 1.807) is 12.0 Å². The van der Waals surface area contributed by atoms with Gasteiger partial charge in [-0.3, -0.25) is 4.79 Å². The van der Waals surface area contributed by atoms with E-state index in [9.17, 15) is 18.0 Å². The van der Waals surface area contributed by atoms with E-state index in [-0.39, 0.29) is 16.5 Å². The van der Waals surface area contributed by atoms with Crippen LogP contribution in [0.1, 0.15) is 11.1 Å². The molecule has 1 saturated heterocycles. The van der Waals surface area contributed by atoms with Gasteiger partial charge >= 0.3 is 6.18 Å². The van der Waals surface area contributed by atoms with Crippen LogP contribution in [0.4, 0.5) is 18.9 Å². The van der Waals surface area contributed by atoms with Crippen LogP contribution in [-0.4, -0.2) is 44.1 Å². The molecule has 0 atom stereocenters. The Hall–Kier alpha value is -2.67. The minimum Gasteiger partial charge on any atom is -0.497 e. The number of hydrogen-bond acceptors (Lipinski definition) is 3. The maximum atomic E-state index is 12.9. The highest BCUT2D eigenvalue weighted by Crippen LogP contribution is 2.32. The first-order valence-electron chi connectivity index (χ1n) is 9.00. The maximum absolute atomic E-state index is 12.9. The van der Waals surface area contributed by atoms with Crippen LogP contribution in [0.25, 0.3) is 6.08 Å². The average molecular weight is 425 g/mol. The summed E-state index contributed by atoms with van der Waals surface area (Å²) in [4.78, 5) is 16.3. The van der Waals surface area contributed by atoms with Gasteiger partial charge in [0.1, 0.15) is 5.75 Å². The van der Waals surface area contributed by atoms with Crippen molar-refractivity contribution < 1.29 is 22.7 Å². The summed E-state index contributed by atoms with van der Waals surface area (Å²) in [5.74, 6) is 0.505. The fourth-order valence-electron chi connectivity index (χ4n) is 3.11. The number of amides is 1. The number of alkyl halides is 3. The largest absolute Gasteiger partial charge is 0.497 e. The van der Waals surface area contributed by atoms with Gasteiger partial charge in [-0.15, -0.1) is 0 Å². The van der Waals surface area contributed by atoms with E-state index in [0.717, 1.165) is 23.6 Å². The third-order valence-corrected chi connectivity index (χ3v) is 5.08. The molecule has 1 heterocycles. The highest BCUT2D eigenvalue weighted by atomic mass is 35.5. The van der Waals surface area contributed by atoms with Crippen molar-refractivity contribution in [3.63, 3.8) is 0 Å². The van der Waals surface area contributed by atoms with Gasteiger partial charge in [0.2, 0.25) is 5.91 Å². The first kappa shape index (κ1) is 21.0. The highest BCUT2D eigenvalue weighted by molar-refractivity contribution is 6.32. The third kappa shape index (κ3) is 5.23. The number of carbonyl (C=O) groups excluding carboxylic acids is 1. The van der Waals surface area contributed by atoms with Gasteiger partial charge in [-0.05, 0) is 42.0 Å². The second-order valence-corrected chi connectivity index (χ2v) is 6.99. The normalized spacial score (nSPS) is 15.1. The van der Waals surface area contributed by atoms with Crippen molar-refractivity contribution in [2.75, 3.05) is 38.2 Å². The summed E-state index contributed by atoms with van der Waals surface area (Å²) in [6.07, 6.45) is -1.87. The molecule has 0 radical (unpaired) electrons. The van der Waals surface area contributed by atoms with Crippen LogP contribution < -0.4 is 9.64 Å². The van der Waals surface area contributed by atoms with Crippen LogP contribution in [0.5, 0.6) is 5.75 Å². The third-order valence-electron chi connectivity index (χ3n) is 4.74. The number of benzene rings is 2. The Kier molecular flexibility index (Phi) is 6.37. The molecule has 0 spiro atoms. The second-order valence-electron chi connectivity index (χ2n) is 6.58. The molecule has 1 aliphatic heterocycles. The van der Waals surface area contributed by atoms with E-state index in [1.807, 2.05) is 24.3 Å². The maximum Gasteiger partial charge on any atom is 0.416 e. The van der Waals surface area contributed by atoms with Crippen LogP contribution in [0.15, 0.2) is 48.5 Å². The van der Waals surface area contributed by atoms with Crippen molar-refractivity contribution in [3.05, 3.63) is 64.7 Å². The minimum atomic E-state index is -4.46. The molecule has 1 amide bonds.